The number of carbonyl (C=O) groups is 1. The molecular formula is C17H22N2O2. The first kappa shape index (κ1) is 14.1. The highest BCUT2D eigenvalue weighted by Gasteiger charge is 2.22. The van der Waals surface area contributed by atoms with Crippen LogP contribution in [0.4, 0.5) is 0 Å². The Balaban J connectivity index is 2.16. The number of fused-ring (bicyclic) bond motifs is 1. The number of benzene rings is 1. The Morgan fingerprint density at radius 2 is 2.00 bits per heavy atom. The third kappa shape index (κ3) is 2.55. The summed E-state index contributed by atoms with van der Waals surface area (Å²) in [4.78, 5) is 16.0. The molecular weight excluding hydrogens is 264 g/mol. The van der Waals surface area contributed by atoms with Gasteiger partial charge in [0.15, 0.2) is 0 Å². The Morgan fingerprint density at radius 3 is 2.62 bits per heavy atom. The molecule has 1 aromatic carbocycles. The third-order valence-corrected chi connectivity index (χ3v) is 4.53. The molecule has 0 radical (unpaired) electrons. The summed E-state index contributed by atoms with van der Waals surface area (Å²) in [6, 6.07) is 5.96. The molecule has 21 heavy (non-hydrogen) atoms. The van der Waals surface area contributed by atoms with E-state index in [0.717, 1.165) is 17.8 Å². The van der Waals surface area contributed by atoms with Crippen molar-refractivity contribution in [3.05, 3.63) is 29.6 Å². The summed E-state index contributed by atoms with van der Waals surface area (Å²) in [6.07, 6.45) is 8.32. The fourth-order valence-electron chi connectivity index (χ4n) is 3.51. The summed E-state index contributed by atoms with van der Waals surface area (Å²) >= 11 is 0. The highest BCUT2D eigenvalue weighted by molar-refractivity contribution is 6.01. The van der Waals surface area contributed by atoms with E-state index in [4.69, 9.17) is 0 Å². The van der Waals surface area contributed by atoms with Crippen LogP contribution in [0, 0.1) is 0 Å². The molecule has 0 atom stereocenters. The molecule has 0 unspecified atom stereocenters. The average Bonchev–Trinajstić information content (AvgIpc) is 2.67. The zero-order valence-electron chi connectivity index (χ0n) is 12.5. The Labute approximate surface area is 124 Å². The van der Waals surface area contributed by atoms with E-state index in [1.165, 1.54) is 38.5 Å². The lowest BCUT2D eigenvalue weighted by atomic mass is 10.1. The van der Waals surface area contributed by atoms with Gasteiger partial charge in [-0.25, -0.2) is 9.78 Å². The predicted octanol–water partition coefficient (Wildman–Crippen LogP) is 4.19. The molecule has 0 bridgehead atoms. The maximum atomic E-state index is 11.4. The van der Waals surface area contributed by atoms with Crippen LogP contribution in [0.3, 0.4) is 0 Å². The number of hydrogen-bond donors (Lipinski definition) is 1. The smallest absolute Gasteiger partial charge is 0.337 e. The molecule has 0 aliphatic heterocycles. The third-order valence-electron chi connectivity index (χ3n) is 4.53. The Kier molecular flexibility index (Phi) is 3.95. The standard InChI is InChI=1S/C17H22N2O2/c1-2-15-18-16-13(17(20)21)10-7-11-14(16)19(15)12-8-5-3-4-6-9-12/h7,10-12H,2-6,8-9H2,1H3,(H,20,21). The Morgan fingerprint density at radius 1 is 1.29 bits per heavy atom. The second-order valence-corrected chi connectivity index (χ2v) is 5.88. The van der Waals surface area contributed by atoms with Gasteiger partial charge in [0.05, 0.1) is 11.1 Å². The molecule has 112 valence electrons. The molecule has 3 rings (SSSR count). The Hall–Kier alpha value is -1.84. The van der Waals surface area contributed by atoms with Gasteiger partial charge in [0.2, 0.25) is 0 Å². The number of carboxylic acid groups (broad SMARTS) is 1. The number of imidazole rings is 1. The van der Waals surface area contributed by atoms with Crippen LogP contribution in [-0.4, -0.2) is 20.6 Å². The molecule has 1 aromatic heterocycles. The molecule has 4 nitrogen and oxygen atoms in total. The maximum absolute atomic E-state index is 11.4. The summed E-state index contributed by atoms with van der Waals surface area (Å²) in [6.45, 7) is 2.09. The zero-order chi connectivity index (χ0) is 14.8. The lowest BCUT2D eigenvalue weighted by Gasteiger charge is -2.19. The molecule has 1 heterocycles. The van der Waals surface area contributed by atoms with Gasteiger partial charge < -0.3 is 9.67 Å². The number of hydrogen-bond acceptors (Lipinski definition) is 2. The molecule has 4 heteroatoms. The lowest BCUT2D eigenvalue weighted by molar-refractivity contribution is 0.0699. The highest BCUT2D eigenvalue weighted by atomic mass is 16.4. The van der Waals surface area contributed by atoms with E-state index >= 15 is 0 Å². The van der Waals surface area contributed by atoms with Gasteiger partial charge in [-0.3, -0.25) is 0 Å². The van der Waals surface area contributed by atoms with Gasteiger partial charge in [0.25, 0.3) is 0 Å². The fourth-order valence-corrected chi connectivity index (χ4v) is 3.51. The lowest BCUT2D eigenvalue weighted by Crippen LogP contribution is -2.11. The van der Waals surface area contributed by atoms with Crippen LogP contribution in [-0.2, 0) is 6.42 Å². The minimum Gasteiger partial charge on any atom is -0.478 e. The van der Waals surface area contributed by atoms with Crippen molar-refractivity contribution in [1.82, 2.24) is 9.55 Å². The molecule has 0 saturated heterocycles. The second kappa shape index (κ2) is 5.88. The zero-order valence-corrected chi connectivity index (χ0v) is 12.5. The van der Waals surface area contributed by atoms with Gasteiger partial charge in [-0.05, 0) is 25.0 Å². The average molecular weight is 286 g/mol. The Bertz CT molecular complexity index is 652. The van der Waals surface area contributed by atoms with Crippen molar-refractivity contribution in [2.75, 3.05) is 0 Å². The number of rotatable bonds is 3. The van der Waals surface area contributed by atoms with E-state index in [1.54, 1.807) is 6.07 Å². The van der Waals surface area contributed by atoms with Crippen molar-refractivity contribution in [3.63, 3.8) is 0 Å². The topological polar surface area (TPSA) is 55.1 Å². The number of nitrogens with zero attached hydrogens (tertiary/aromatic N) is 2. The van der Waals surface area contributed by atoms with Crippen LogP contribution < -0.4 is 0 Å². The van der Waals surface area contributed by atoms with Crippen molar-refractivity contribution < 1.29 is 9.90 Å². The number of carboxylic acids is 1. The van der Waals surface area contributed by atoms with Crippen LogP contribution in [0.2, 0.25) is 0 Å². The van der Waals surface area contributed by atoms with E-state index in [2.05, 4.69) is 16.5 Å². The van der Waals surface area contributed by atoms with Gasteiger partial charge >= 0.3 is 5.97 Å². The quantitative estimate of drug-likeness (QED) is 0.861. The summed E-state index contributed by atoms with van der Waals surface area (Å²) in [7, 11) is 0. The van der Waals surface area contributed by atoms with E-state index in [0.29, 0.717) is 17.1 Å². The van der Waals surface area contributed by atoms with Crippen LogP contribution in [0.25, 0.3) is 11.0 Å². The van der Waals surface area contributed by atoms with Crippen LogP contribution in [0.5, 0.6) is 0 Å². The van der Waals surface area contributed by atoms with Crippen LogP contribution >= 0.6 is 0 Å². The van der Waals surface area contributed by atoms with Crippen LogP contribution in [0.1, 0.15) is 67.7 Å². The van der Waals surface area contributed by atoms with Crippen molar-refractivity contribution in [2.24, 2.45) is 0 Å². The van der Waals surface area contributed by atoms with E-state index in [1.807, 2.05) is 12.1 Å². The molecule has 0 amide bonds. The first-order chi connectivity index (χ1) is 10.2. The maximum Gasteiger partial charge on any atom is 0.337 e. The number of aromatic carboxylic acids is 1. The molecule has 0 spiro atoms. The summed E-state index contributed by atoms with van der Waals surface area (Å²) in [5, 5.41) is 9.36. The van der Waals surface area contributed by atoms with Gasteiger partial charge in [-0.2, -0.15) is 0 Å². The number of aryl methyl sites for hydroxylation is 1. The molecule has 1 aliphatic carbocycles. The minimum atomic E-state index is -0.895. The van der Waals surface area contributed by atoms with E-state index < -0.39 is 5.97 Å². The van der Waals surface area contributed by atoms with Gasteiger partial charge in [-0.15, -0.1) is 0 Å². The van der Waals surface area contributed by atoms with Crippen molar-refractivity contribution in [3.8, 4) is 0 Å². The van der Waals surface area contributed by atoms with Crippen molar-refractivity contribution >= 4 is 17.0 Å². The number of para-hydroxylation sites is 1. The molecule has 1 saturated carbocycles. The largest absolute Gasteiger partial charge is 0.478 e. The van der Waals surface area contributed by atoms with Crippen molar-refractivity contribution in [1.29, 1.82) is 0 Å². The molecule has 1 aliphatic rings. The monoisotopic (exact) mass is 286 g/mol. The van der Waals surface area contributed by atoms with Crippen LogP contribution in [0.15, 0.2) is 18.2 Å². The first-order valence-electron chi connectivity index (χ1n) is 7.95. The summed E-state index contributed by atoms with van der Waals surface area (Å²) in [5.74, 6) is 0.124. The number of aromatic nitrogens is 2. The molecule has 1 N–H and O–H groups in total. The van der Waals surface area contributed by atoms with Gasteiger partial charge in [0.1, 0.15) is 11.3 Å². The highest BCUT2D eigenvalue weighted by Crippen LogP contribution is 2.32. The predicted molar refractivity (Wildman–Crippen MR) is 82.8 cm³/mol. The minimum absolute atomic E-state index is 0.314. The fraction of sp³-hybridized carbons (Fsp3) is 0.529. The molecule has 2 aromatic rings. The summed E-state index contributed by atoms with van der Waals surface area (Å²) in [5.41, 5.74) is 1.94. The van der Waals surface area contributed by atoms with E-state index in [9.17, 15) is 9.90 Å². The van der Waals surface area contributed by atoms with Gasteiger partial charge in [0, 0.05) is 12.5 Å². The second-order valence-electron chi connectivity index (χ2n) is 5.88. The van der Waals surface area contributed by atoms with Gasteiger partial charge in [-0.1, -0.05) is 38.7 Å². The first-order valence-corrected chi connectivity index (χ1v) is 7.95. The SMILES string of the molecule is CCc1nc2c(C(=O)O)cccc2n1C1CCCCCC1. The molecule has 1 fully saturated rings. The normalized spacial score (nSPS) is 17.0. The van der Waals surface area contributed by atoms with Crippen molar-refractivity contribution in [2.45, 2.75) is 57.9 Å². The summed E-state index contributed by atoms with van der Waals surface area (Å²) < 4.78 is 2.31. The van der Waals surface area contributed by atoms with E-state index in [-0.39, 0.29) is 0 Å².